The summed E-state index contributed by atoms with van der Waals surface area (Å²) in [7, 11) is 1.66. The van der Waals surface area contributed by atoms with Gasteiger partial charge in [0.2, 0.25) is 0 Å². The highest BCUT2D eigenvalue weighted by Gasteiger charge is 2.08. The summed E-state index contributed by atoms with van der Waals surface area (Å²) in [4.78, 5) is 4.47. The predicted molar refractivity (Wildman–Crippen MR) is 98.5 cm³/mol. The minimum absolute atomic E-state index is 0.117. The third-order valence-corrected chi connectivity index (χ3v) is 4.21. The maximum Gasteiger partial charge on any atom is 0.162 e. The van der Waals surface area contributed by atoms with Gasteiger partial charge in [0.05, 0.1) is 25.4 Å². The SMILES string of the molecule is COc1ccc(Cn2cc3c(cnc4ccc(OCCl)cc43)n2)cc1. The van der Waals surface area contributed by atoms with Crippen LogP contribution in [-0.2, 0) is 6.54 Å². The fourth-order valence-corrected chi connectivity index (χ4v) is 2.99. The third-order valence-electron chi connectivity index (χ3n) is 4.10. The smallest absolute Gasteiger partial charge is 0.162 e. The van der Waals surface area contributed by atoms with Gasteiger partial charge in [0, 0.05) is 17.0 Å². The van der Waals surface area contributed by atoms with E-state index < -0.39 is 0 Å². The van der Waals surface area contributed by atoms with Crippen molar-refractivity contribution in [3.8, 4) is 11.5 Å². The highest BCUT2D eigenvalue weighted by atomic mass is 35.5. The first-order valence-electron chi connectivity index (χ1n) is 7.84. The van der Waals surface area contributed by atoms with Crippen LogP contribution in [-0.4, -0.2) is 27.9 Å². The van der Waals surface area contributed by atoms with Gasteiger partial charge in [0.1, 0.15) is 17.0 Å². The van der Waals surface area contributed by atoms with Crippen molar-refractivity contribution in [1.82, 2.24) is 14.8 Å². The lowest BCUT2D eigenvalue weighted by molar-refractivity contribution is 0.388. The minimum Gasteiger partial charge on any atom is -0.497 e. The molecule has 0 radical (unpaired) electrons. The second kappa shape index (κ2) is 6.61. The van der Waals surface area contributed by atoms with Crippen molar-refractivity contribution in [2.75, 3.05) is 13.2 Å². The molecule has 0 N–H and O–H groups in total. The first-order valence-corrected chi connectivity index (χ1v) is 8.38. The second-order valence-corrected chi connectivity index (χ2v) is 5.88. The predicted octanol–water partition coefficient (Wildman–Crippen LogP) is 4.22. The standard InChI is InChI=1S/C19H16ClN3O2/c1-24-14-4-2-13(3-5-14)10-23-11-17-16-8-15(25-12-20)6-7-18(16)21-9-19(17)22-23/h2-9,11H,10,12H2,1H3. The zero-order valence-corrected chi connectivity index (χ0v) is 14.4. The fourth-order valence-electron chi connectivity index (χ4n) is 2.87. The van der Waals surface area contributed by atoms with Gasteiger partial charge < -0.3 is 9.47 Å². The van der Waals surface area contributed by atoms with E-state index in [2.05, 4.69) is 10.1 Å². The summed E-state index contributed by atoms with van der Waals surface area (Å²) in [5.41, 5.74) is 2.90. The van der Waals surface area contributed by atoms with Crippen LogP contribution in [0.1, 0.15) is 5.56 Å². The molecule has 0 saturated carbocycles. The van der Waals surface area contributed by atoms with Crippen molar-refractivity contribution in [3.63, 3.8) is 0 Å². The molecule has 0 spiro atoms. The van der Waals surface area contributed by atoms with E-state index >= 15 is 0 Å². The molecule has 0 bridgehead atoms. The van der Waals surface area contributed by atoms with Crippen molar-refractivity contribution in [2.24, 2.45) is 0 Å². The molecule has 0 aliphatic carbocycles. The second-order valence-electron chi connectivity index (χ2n) is 5.66. The lowest BCUT2D eigenvalue weighted by Crippen LogP contribution is -1.99. The van der Waals surface area contributed by atoms with Crippen LogP contribution in [0.2, 0.25) is 0 Å². The summed E-state index contributed by atoms with van der Waals surface area (Å²) >= 11 is 5.66. The molecule has 126 valence electrons. The quantitative estimate of drug-likeness (QED) is 0.504. The summed E-state index contributed by atoms with van der Waals surface area (Å²) in [6, 6.07) is 13.8. The van der Waals surface area contributed by atoms with Gasteiger partial charge in [-0.15, -0.1) is 0 Å². The van der Waals surface area contributed by atoms with Crippen LogP contribution in [0.3, 0.4) is 0 Å². The summed E-state index contributed by atoms with van der Waals surface area (Å²) in [6.07, 6.45) is 3.83. The molecule has 0 unspecified atom stereocenters. The summed E-state index contributed by atoms with van der Waals surface area (Å²) in [5, 5.41) is 6.67. The Morgan fingerprint density at radius 1 is 1.00 bits per heavy atom. The van der Waals surface area contributed by atoms with Gasteiger partial charge in [-0.05, 0) is 35.9 Å². The van der Waals surface area contributed by atoms with E-state index in [0.717, 1.165) is 38.9 Å². The highest BCUT2D eigenvalue weighted by molar-refractivity contribution is 6.17. The molecule has 2 aromatic carbocycles. The number of hydrogen-bond donors (Lipinski definition) is 0. The van der Waals surface area contributed by atoms with Gasteiger partial charge >= 0.3 is 0 Å². The first-order chi connectivity index (χ1) is 12.3. The number of aromatic nitrogens is 3. The Hall–Kier alpha value is -2.79. The lowest BCUT2D eigenvalue weighted by Gasteiger charge is -2.04. The Kier molecular flexibility index (Phi) is 4.15. The van der Waals surface area contributed by atoms with Crippen LogP contribution in [0.5, 0.6) is 11.5 Å². The number of rotatable bonds is 5. The van der Waals surface area contributed by atoms with E-state index in [-0.39, 0.29) is 6.07 Å². The van der Waals surface area contributed by atoms with Crippen molar-refractivity contribution in [2.45, 2.75) is 6.54 Å². The van der Waals surface area contributed by atoms with E-state index in [1.807, 2.05) is 53.3 Å². The number of benzene rings is 2. The number of fused-ring (bicyclic) bond motifs is 3. The molecular formula is C19H16ClN3O2. The van der Waals surface area contributed by atoms with Crippen LogP contribution in [0, 0.1) is 0 Å². The number of methoxy groups -OCH3 is 1. The minimum atomic E-state index is 0.117. The maximum atomic E-state index is 5.66. The molecular weight excluding hydrogens is 338 g/mol. The Bertz CT molecular complexity index is 1030. The molecule has 0 aliphatic heterocycles. The number of ether oxygens (including phenoxy) is 2. The summed E-state index contributed by atoms with van der Waals surface area (Å²) in [5.74, 6) is 1.57. The molecule has 0 amide bonds. The Labute approximate surface area is 149 Å². The average Bonchev–Trinajstić information content (AvgIpc) is 3.05. The van der Waals surface area contributed by atoms with Crippen molar-refractivity contribution < 1.29 is 9.47 Å². The fraction of sp³-hybridized carbons (Fsp3) is 0.158. The number of nitrogens with zero attached hydrogens (tertiary/aromatic N) is 3. The van der Waals surface area contributed by atoms with Crippen LogP contribution in [0.15, 0.2) is 54.9 Å². The zero-order valence-electron chi connectivity index (χ0n) is 13.6. The Balaban J connectivity index is 1.72. The number of pyridine rings is 1. The normalized spacial score (nSPS) is 11.1. The van der Waals surface area contributed by atoms with Gasteiger partial charge in [-0.25, -0.2) is 0 Å². The molecule has 2 aromatic heterocycles. The summed E-state index contributed by atoms with van der Waals surface area (Å²) in [6.45, 7) is 0.679. The van der Waals surface area contributed by atoms with Crippen LogP contribution >= 0.6 is 11.6 Å². The molecule has 5 nitrogen and oxygen atoms in total. The van der Waals surface area contributed by atoms with Gasteiger partial charge in [0.25, 0.3) is 0 Å². The topological polar surface area (TPSA) is 49.2 Å². The van der Waals surface area contributed by atoms with Crippen LogP contribution in [0.4, 0.5) is 0 Å². The van der Waals surface area contributed by atoms with Crippen molar-refractivity contribution >= 4 is 33.4 Å². The van der Waals surface area contributed by atoms with Gasteiger partial charge in [-0.3, -0.25) is 9.67 Å². The largest absolute Gasteiger partial charge is 0.497 e. The molecule has 2 heterocycles. The Morgan fingerprint density at radius 2 is 1.80 bits per heavy atom. The van der Waals surface area contributed by atoms with Gasteiger partial charge in [0.15, 0.2) is 6.07 Å². The van der Waals surface area contributed by atoms with E-state index in [1.165, 1.54) is 0 Å². The van der Waals surface area contributed by atoms with Crippen LogP contribution < -0.4 is 9.47 Å². The van der Waals surface area contributed by atoms with E-state index in [0.29, 0.717) is 6.54 Å². The van der Waals surface area contributed by atoms with E-state index in [1.54, 1.807) is 13.3 Å². The number of hydrogen-bond acceptors (Lipinski definition) is 4. The molecule has 0 aliphatic rings. The van der Waals surface area contributed by atoms with Crippen molar-refractivity contribution in [3.05, 3.63) is 60.4 Å². The maximum absolute atomic E-state index is 5.66. The highest BCUT2D eigenvalue weighted by Crippen LogP contribution is 2.27. The lowest BCUT2D eigenvalue weighted by atomic mass is 10.1. The number of halogens is 1. The third kappa shape index (κ3) is 3.10. The van der Waals surface area contributed by atoms with E-state index in [4.69, 9.17) is 21.1 Å². The molecule has 0 atom stereocenters. The van der Waals surface area contributed by atoms with Crippen molar-refractivity contribution in [1.29, 1.82) is 0 Å². The monoisotopic (exact) mass is 353 g/mol. The molecule has 4 rings (SSSR count). The molecule has 4 aromatic rings. The Morgan fingerprint density at radius 3 is 2.56 bits per heavy atom. The molecule has 6 heteroatoms. The number of alkyl halides is 1. The molecule has 0 saturated heterocycles. The van der Waals surface area contributed by atoms with Gasteiger partial charge in [-0.1, -0.05) is 23.7 Å². The molecule has 0 fully saturated rings. The zero-order chi connectivity index (χ0) is 17.2. The van der Waals surface area contributed by atoms with Crippen LogP contribution in [0.25, 0.3) is 21.8 Å². The molecule has 25 heavy (non-hydrogen) atoms. The average molecular weight is 354 g/mol. The van der Waals surface area contributed by atoms with E-state index in [9.17, 15) is 0 Å². The van der Waals surface area contributed by atoms with Gasteiger partial charge in [-0.2, -0.15) is 5.10 Å². The first kappa shape index (κ1) is 15.7. The summed E-state index contributed by atoms with van der Waals surface area (Å²) < 4.78 is 12.5.